The van der Waals surface area contributed by atoms with Crippen molar-refractivity contribution in [3.05, 3.63) is 53.9 Å². The van der Waals surface area contributed by atoms with E-state index in [1.165, 1.54) is 0 Å². The lowest BCUT2D eigenvalue weighted by Crippen LogP contribution is -2.49. The van der Waals surface area contributed by atoms with Crippen LogP contribution in [0, 0.1) is 0 Å². The molecule has 1 aliphatic rings. The van der Waals surface area contributed by atoms with Gasteiger partial charge in [-0.05, 0) is 18.6 Å². The van der Waals surface area contributed by atoms with Crippen molar-refractivity contribution in [3.63, 3.8) is 0 Å². The van der Waals surface area contributed by atoms with Crippen LogP contribution in [-0.2, 0) is 23.1 Å². The van der Waals surface area contributed by atoms with Gasteiger partial charge in [0.2, 0.25) is 0 Å². The van der Waals surface area contributed by atoms with Crippen LogP contribution in [0.25, 0.3) is 0 Å². The number of hydrogen-bond acceptors (Lipinski definition) is 5. The number of nitrogens with zero attached hydrogens (tertiary/aromatic N) is 3. The molecule has 1 N–H and O–H groups in total. The lowest BCUT2D eigenvalue weighted by atomic mass is 10.2. The van der Waals surface area contributed by atoms with Crippen LogP contribution < -0.4 is 5.32 Å². The van der Waals surface area contributed by atoms with Crippen molar-refractivity contribution in [1.29, 1.82) is 0 Å². The predicted molar refractivity (Wildman–Crippen MR) is 97.6 cm³/mol. The first-order valence-corrected chi connectivity index (χ1v) is 8.92. The SMILES string of the molecule is CC(NCC1CN(C(=O)OCc2ccccc2)CCO1)c1ccnn1C. The van der Waals surface area contributed by atoms with E-state index < -0.39 is 0 Å². The van der Waals surface area contributed by atoms with Crippen molar-refractivity contribution >= 4 is 6.09 Å². The van der Waals surface area contributed by atoms with Crippen LogP contribution in [0.5, 0.6) is 0 Å². The fraction of sp³-hybridized carbons (Fsp3) is 0.474. The minimum atomic E-state index is -0.290. The van der Waals surface area contributed by atoms with E-state index in [0.29, 0.717) is 26.2 Å². The van der Waals surface area contributed by atoms with Crippen molar-refractivity contribution in [1.82, 2.24) is 20.0 Å². The van der Waals surface area contributed by atoms with E-state index in [1.807, 2.05) is 48.1 Å². The molecule has 1 aliphatic heterocycles. The van der Waals surface area contributed by atoms with Crippen LogP contribution in [0.3, 0.4) is 0 Å². The lowest BCUT2D eigenvalue weighted by molar-refractivity contribution is -0.0279. The standard InChI is InChI=1S/C19H26N4O3/c1-15(18-8-9-21-22(18)2)20-12-17-13-23(10-11-25-17)19(24)26-14-16-6-4-3-5-7-16/h3-9,15,17,20H,10-14H2,1-2H3. The van der Waals surface area contributed by atoms with Gasteiger partial charge in [-0.2, -0.15) is 5.10 Å². The van der Waals surface area contributed by atoms with Gasteiger partial charge in [0, 0.05) is 32.4 Å². The Morgan fingerprint density at radius 1 is 1.38 bits per heavy atom. The molecule has 2 atom stereocenters. The number of morpholine rings is 1. The van der Waals surface area contributed by atoms with Crippen molar-refractivity contribution in [2.45, 2.75) is 25.7 Å². The molecule has 140 valence electrons. The molecule has 2 unspecified atom stereocenters. The summed E-state index contributed by atoms with van der Waals surface area (Å²) in [6, 6.07) is 11.8. The highest BCUT2D eigenvalue weighted by atomic mass is 16.6. The Labute approximate surface area is 153 Å². The van der Waals surface area contributed by atoms with E-state index in [1.54, 1.807) is 11.1 Å². The van der Waals surface area contributed by atoms with Crippen molar-refractivity contribution in [2.75, 3.05) is 26.2 Å². The Balaban J connectivity index is 1.44. The maximum Gasteiger partial charge on any atom is 0.410 e. The third kappa shape index (κ3) is 4.83. The topological polar surface area (TPSA) is 68.6 Å². The molecule has 1 amide bonds. The summed E-state index contributed by atoms with van der Waals surface area (Å²) in [4.78, 5) is 14.0. The molecule has 2 heterocycles. The van der Waals surface area contributed by atoms with Crippen LogP contribution in [-0.4, -0.2) is 53.1 Å². The summed E-state index contributed by atoms with van der Waals surface area (Å²) in [5.74, 6) is 0. The number of amides is 1. The van der Waals surface area contributed by atoms with Gasteiger partial charge >= 0.3 is 6.09 Å². The van der Waals surface area contributed by atoms with Crippen molar-refractivity contribution in [3.8, 4) is 0 Å². The minimum absolute atomic E-state index is 0.0521. The second kappa shape index (κ2) is 8.82. The van der Waals surface area contributed by atoms with Crippen LogP contribution in [0.2, 0.25) is 0 Å². The Bertz CT molecular complexity index is 704. The number of benzene rings is 1. The first-order valence-electron chi connectivity index (χ1n) is 8.92. The average molecular weight is 358 g/mol. The summed E-state index contributed by atoms with van der Waals surface area (Å²) < 4.78 is 13.1. The third-order valence-corrected chi connectivity index (χ3v) is 4.56. The molecule has 0 bridgehead atoms. The van der Waals surface area contributed by atoms with E-state index >= 15 is 0 Å². The van der Waals surface area contributed by atoms with Crippen LogP contribution in [0.4, 0.5) is 4.79 Å². The Morgan fingerprint density at radius 2 is 2.19 bits per heavy atom. The second-order valence-corrected chi connectivity index (χ2v) is 6.49. The molecule has 0 aliphatic carbocycles. The Morgan fingerprint density at radius 3 is 2.92 bits per heavy atom. The molecular formula is C19H26N4O3. The maximum atomic E-state index is 12.3. The Hall–Kier alpha value is -2.38. The van der Waals surface area contributed by atoms with E-state index in [2.05, 4.69) is 17.3 Å². The molecule has 0 spiro atoms. The number of carbonyl (C=O) groups is 1. The van der Waals surface area contributed by atoms with Gasteiger partial charge in [0.25, 0.3) is 0 Å². The number of carbonyl (C=O) groups excluding carboxylic acids is 1. The fourth-order valence-electron chi connectivity index (χ4n) is 3.04. The van der Waals surface area contributed by atoms with Gasteiger partial charge in [0.05, 0.1) is 24.9 Å². The first-order chi connectivity index (χ1) is 12.6. The van der Waals surface area contributed by atoms with E-state index in [0.717, 1.165) is 11.3 Å². The number of aromatic nitrogens is 2. The van der Waals surface area contributed by atoms with Gasteiger partial charge < -0.3 is 19.7 Å². The molecular weight excluding hydrogens is 332 g/mol. The van der Waals surface area contributed by atoms with E-state index in [9.17, 15) is 4.79 Å². The molecule has 1 saturated heterocycles. The number of aryl methyl sites for hydroxylation is 1. The van der Waals surface area contributed by atoms with Crippen LogP contribution >= 0.6 is 0 Å². The number of ether oxygens (including phenoxy) is 2. The molecule has 7 heteroatoms. The van der Waals surface area contributed by atoms with Gasteiger partial charge in [0.1, 0.15) is 6.61 Å². The highest BCUT2D eigenvalue weighted by Crippen LogP contribution is 2.12. The van der Waals surface area contributed by atoms with Crippen LogP contribution in [0.15, 0.2) is 42.6 Å². The molecule has 3 rings (SSSR count). The first kappa shape index (κ1) is 18.4. The quantitative estimate of drug-likeness (QED) is 0.857. The van der Waals surface area contributed by atoms with Gasteiger partial charge in [-0.1, -0.05) is 30.3 Å². The zero-order valence-corrected chi connectivity index (χ0v) is 15.3. The Kier molecular flexibility index (Phi) is 6.25. The summed E-state index contributed by atoms with van der Waals surface area (Å²) in [6.07, 6.45) is 1.44. The van der Waals surface area contributed by atoms with Crippen molar-refractivity contribution in [2.24, 2.45) is 7.05 Å². The van der Waals surface area contributed by atoms with Crippen LogP contribution in [0.1, 0.15) is 24.2 Å². The number of nitrogens with one attached hydrogen (secondary N) is 1. The highest BCUT2D eigenvalue weighted by Gasteiger charge is 2.25. The molecule has 0 saturated carbocycles. The molecule has 26 heavy (non-hydrogen) atoms. The summed E-state index contributed by atoms with van der Waals surface area (Å²) in [7, 11) is 1.93. The highest BCUT2D eigenvalue weighted by molar-refractivity contribution is 5.67. The largest absolute Gasteiger partial charge is 0.445 e. The molecule has 1 fully saturated rings. The summed E-state index contributed by atoms with van der Waals surface area (Å²) in [6.45, 7) is 4.64. The van der Waals surface area contributed by atoms with Gasteiger partial charge in [-0.15, -0.1) is 0 Å². The molecule has 7 nitrogen and oxygen atoms in total. The monoisotopic (exact) mass is 358 g/mol. The zero-order chi connectivity index (χ0) is 18.4. The zero-order valence-electron chi connectivity index (χ0n) is 15.3. The minimum Gasteiger partial charge on any atom is -0.445 e. The molecule has 1 aromatic heterocycles. The molecule has 0 radical (unpaired) electrons. The summed E-state index contributed by atoms with van der Waals surface area (Å²) in [5, 5.41) is 7.64. The summed E-state index contributed by atoms with van der Waals surface area (Å²) >= 11 is 0. The number of rotatable bonds is 6. The van der Waals surface area contributed by atoms with E-state index in [4.69, 9.17) is 9.47 Å². The van der Waals surface area contributed by atoms with E-state index in [-0.39, 0.29) is 24.8 Å². The fourth-order valence-corrected chi connectivity index (χ4v) is 3.04. The summed E-state index contributed by atoms with van der Waals surface area (Å²) in [5.41, 5.74) is 2.09. The molecule has 2 aromatic rings. The normalized spacial score (nSPS) is 18.5. The average Bonchev–Trinajstić information content (AvgIpc) is 3.11. The lowest BCUT2D eigenvalue weighted by Gasteiger charge is -2.33. The smallest absolute Gasteiger partial charge is 0.410 e. The third-order valence-electron chi connectivity index (χ3n) is 4.56. The second-order valence-electron chi connectivity index (χ2n) is 6.49. The molecule has 1 aromatic carbocycles. The predicted octanol–water partition coefficient (Wildman–Crippen LogP) is 2.11. The maximum absolute atomic E-state index is 12.3. The van der Waals surface area contributed by atoms with Gasteiger partial charge in [0.15, 0.2) is 0 Å². The van der Waals surface area contributed by atoms with Crippen molar-refractivity contribution < 1.29 is 14.3 Å². The van der Waals surface area contributed by atoms with Gasteiger partial charge in [-0.25, -0.2) is 4.79 Å². The van der Waals surface area contributed by atoms with Gasteiger partial charge in [-0.3, -0.25) is 4.68 Å². The number of hydrogen-bond donors (Lipinski definition) is 1.